The van der Waals surface area contributed by atoms with Gasteiger partial charge in [0.05, 0.1) is 11.0 Å². The third kappa shape index (κ3) is 4.63. The molecule has 0 unspecified atom stereocenters. The zero-order valence-corrected chi connectivity index (χ0v) is 27.0. The number of hydrogen-bond donors (Lipinski definition) is 1. The third-order valence-electron chi connectivity index (χ3n) is 9.66. The summed E-state index contributed by atoms with van der Waals surface area (Å²) in [6, 6.07) is 59.1. The van der Waals surface area contributed by atoms with Gasteiger partial charge in [0.15, 0.2) is 6.17 Å². The van der Waals surface area contributed by atoms with Crippen LogP contribution in [0.25, 0.3) is 60.6 Å². The number of fused-ring (bicyclic) bond motifs is 6. The highest BCUT2D eigenvalue weighted by Crippen LogP contribution is 2.40. The molecule has 0 aliphatic carbocycles. The number of furan rings is 1. The fraction of sp³-hybridized carbons (Fsp3) is 0.0222. The van der Waals surface area contributed by atoms with E-state index in [2.05, 4.69) is 131 Å². The minimum absolute atomic E-state index is 0.449. The van der Waals surface area contributed by atoms with Gasteiger partial charge in [0.1, 0.15) is 22.8 Å². The molecule has 5 heteroatoms. The number of nitrogens with zero attached hydrogens (tertiary/aromatic N) is 3. The number of aromatic nitrogens is 1. The van der Waals surface area contributed by atoms with Crippen molar-refractivity contribution < 1.29 is 4.42 Å². The molecule has 0 atom stereocenters. The predicted molar refractivity (Wildman–Crippen MR) is 205 cm³/mol. The summed E-state index contributed by atoms with van der Waals surface area (Å²) in [5.74, 6) is 1.58. The van der Waals surface area contributed by atoms with Crippen molar-refractivity contribution in [2.24, 2.45) is 9.98 Å². The molecule has 1 N–H and O–H groups in total. The van der Waals surface area contributed by atoms with Crippen LogP contribution in [0.2, 0.25) is 0 Å². The lowest BCUT2D eigenvalue weighted by molar-refractivity contribution is 0.668. The first-order valence-corrected chi connectivity index (χ1v) is 16.9. The number of aliphatic imine (C=N–C) groups is 2. The Hall–Kier alpha value is -6.72. The molecular weight excluding hydrogens is 613 g/mol. The summed E-state index contributed by atoms with van der Waals surface area (Å²) < 4.78 is 8.92. The van der Waals surface area contributed by atoms with Crippen molar-refractivity contribution in [2.75, 3.05) is 0 Å². The van der Waals surface area contributed by atoms with Crippen molar-refractivity contribution in [3.05, 3.63) is 187 Å². The highest BCUT2D eigenvalue weighted by molar-refractivity contribution is 6.16. The van der Waals surface area contributed by atoms with Crippen molar-refractivity contribution in [3.8, 4) is 16.8 Å². The number of nitrogens with one attached hydrogen (secondary N) is 1. The van der Waals surface area contributed by atoms with E-state index in [1.54, 1.807) is 0 Å². The lowest BCUT2D eigenvalue weighted by atomic mass is 9.99. The first-order valence-electron chi connectivity index (χ1n) is 16.9. The fourth-order valence-corrected chi connectivity index (χ4v) is 7.33. The molecule has 9 aromatic rings. The van der Waals surface area contributed by atoms with Crippen molar-refractivity contribution in [1.29, 1.82) is 0 Å². The first kappa shape index (κ1) is 28.3. The highest BCUT2D eigenvalue weighted by atomic mass is 16.3. The van der Waals surface area contributed by atoms with Crippen LogP contribution in [0.4, 0.5) is 0 Å². The molecule has 1 aliphatic heterocycles. The van der Waals surface area contributed by atoms with Gasteiger partial charge in [0.25, 0.3) is 0 Å². The van der Waals surface area contributed by atoms with Gasteiger partial charge in [0, 0.05) is 43.9 Å². The molecule has 0 radical (unpaired) electrons. The van der Waals surface area contributed by atoms with Crippen molar-refractivity contribution >= 4 is 55.4 Å². The highest BCUT2D eigenvalue weighted by Gasteiger charge is 2.24. The standard InChI is InChI=1S/C45H30N4O/c1-4-13-29(14-5-1)43-46-44(30-15-6-2-7-16-30)48-45(47-43)36-20-12-22-40-42(36)35-25-23-32(28-41(35)50-40)31-24-26-39-37(27-31)34-19-10-11-21-38(34)49(39)33-17-8-3-9-18-33/h1-28,45H,(H,46,47,48). The molecule has 10 rings (SSSR count). The molecule has 0 bridgehead atoms. The number of hydrogen-bond acceptors (Lipinski definition) is 4. The Kier molecular flexibility index (Phi) is 6.49. The Bertz CT molecular complexity index is 2720. The normalized spacial score (nSPS) is 13.5. The lowest BCUT2D eigenvalue weighted by Crippen LogP contribution is -2.36. The van der Waals surface area contributed by atoms with Gasteiger partial charge in [-0.05, 0) is 59.7 Å². The smallest absolute Gasteiger partial charge is 0.170 e. The van der Waals surface area contributed by atoms with Gasteiger partial charge in [-0.1, -0.05) is 121 Å². The van der Waals surface area contributed by atoms with Crippen molar-refractivity contribution in [1.82, 2.24) is 9.88 Å². The first-order chi connectivity index (χ1) is 24.8. The molecular formula is C45H30N4O. The second kappa shape index (κ2) is 11.5. The maximum atomic E-state index is 6.57. The molecule has 0 spiro atoms. The van der Waals surface area contributed by atoms with Gasteiger partial charge < -0.3 is 14.3 Å². The monoisotopic (exact) mass is 642 g/mol. The van der Waals surface area contributed by atoms with E-state index < -0.39 is 6.17 Å². The van der Waals surface area contributed by atoms with E-state index >= 15 is 0 Å². The van der Waals surface area contributed by atoms with Gasteiger partial charge in [-0.25, -0.2) is 9.98 Å². The zero-order chi connectivity index (χ0) is 33.0. The fourth-order valence-electron chi connectivity index (χ4n) is 7.33. The molecule has 7 aromatic carbocycles. The van der Waals surface area contributed by atoms with Gasteiger partial charge >= 0.3 is 0 Å². The Balaban J connectivity index is 1.10. The average molecular weight is 643 g/mol. The summed E-state index contributed by atoms with van der Waals surface area (Å²) in [4.78, 5) is 10.3. The molecule has 1 aliphatic rings. The summed E-state index contributed by atoms with van der Waals surface area (Å²) >= 11 is 0. The van der Waals surface area contributed by atoms with Crippen LogP contribution in [0, 0.1) is 0 Å². The van der Waals surface area contributed by atoms with Gasteiger partial charge in [-0.3, -0.25) is 0 Å². The van der Waals surface area contributed by atoms with E-state index in [1.165, 1.54) is 21.8 Å². The molecule has 3 heterocycles. The van der Waals surface area contributed by atoms with Crippen LogP contribution in [0.3, 0.4) is 0 Å². The minimum Gasteiger partial charge on any atom is -0.456 e. The Morgan fingerprint density at radius 3 is 1.82 bits per heavy atom. The van der Waals surface area contributed by atoms with Crippen LogP contribution in [-0.2, 0) is 0 Å². The molecule has 0 saturated carbocycles. The van der Waals surface area contributed by atoms with Crippen LogP contribution in [0.5, 0.6) is 0 Å². The summed E-state index contributed by atoms with van der Waals surface area (Å²) in [6.45, 7) is 0. The van der Waals surface area contributed by atoms with E-state index in [1.807, 2.05) is 48.5 Å². The van der Waals surface area contributed by atoms with Crippen LogP contribution in [0.15, 0.2) is 184 Å². The molecule has 0 fully saturated rings. The van der Waals surface area contributed by atoms with Gasteiger partial charge in [-0.2, -0.15) is 0 Å². The van der Waals surface area contributed by atoms with E-state index in [9.17, 15) is 0 Å². The largest absolute Gasteiger partial charge is 0.456 e. The van der Waals surface area contributed by atoms with E-state index in [0.29, 0.717) is 0 Å². The van der Waals surface area contributed by atoms with Gasteiger partial charge in [0.2, 0.25) is 0 Å². The number of rotatable bonds is 5. The summed E-state index contributed by atoms with van der Waals surface area (Å²) in [6.07, 6.45) is -0.449. The number of amidine groups is 2. The Labute approximate surface area is 288 Å². The van der Waals surface area contributed by atoms with E-state index in [4.69, 9.17) is 14.4 Å². The van der Waals surface area contributed by atoms with Crippen LogP contribution in [0.1, 0.15) is 22.9 Å². The predicted octanol–water partition coefficient (Wildman–Crippen LogP) is 10.8. The molecule has 236 valence electrons. The van der Waals surface area contributed by atoms with Crippen LogP contribution >= 0.6 is 0 Å². The molecule has 0 amide bonds. The van der Waals surface area contributed by atoms with E-state index in [-0.39, 0.29) is 0 Å². The van der Waals surface area contributed by atoms with E-state index in [0.717, 1.165) is 67.1 Å². The molecule has 2 aromatic heterocycles. The SMILES string of the molecule is c1ccc(C2=NC(c3cccc4oc5cc(-c6ccc7c(c6)c6ccccc6n7-c6ccccc6)ccc5c34)N=C(c3ccccc3)N2)cc1. The Morgan fingerprint density at radius 2 is 1.08 bits per heavy atom. The summed E-state index contributed by atoms with van der Waals surface area (Å²) in [7, 11) is 0. The Morgan fingerprint density at radius 1 is 0.460 bits per heavy atom. The van der Waals surface area contributed by atoms with Crippen LogP contribution in [-0.4, -0.2) is 16.2 Å². The summed E-state index contributed by atoms with van der Waals surface area (Å²) in [5, 5.41) is 8.04. The number of para-hydroxylation sites is 2. The second-order valence-electron chi connectivity index (χ2n) is 12.6. The van der Waals surface area contributed by atoms with Crippen molar-refractivity contribution in [3.63, 3.8) is 0 Å². The maximum Gasteiger partial charge on any atom is 0.170 e. The topological polar surface area (TPSA) is 54.8 Å². The van der Waals surface area contributed by atoms with Crippen LogP contribution < -0.4 is 5.32 Å². The van der Waals surface area contributed by atoms with Crippen molar-refractivity contribution in [2.45, 2.75) is 6.17 Å². The minimum atomic E-state index is -0.449. The molecule has 5 nitrogen and oxygen atoms in total. The molecule has 0 saturated heterocycles. The number of benzene rings is 7. The maximum absolute atomic E-state index is 6.57. The second-order valence-corrected chi connectivity index (χ2v) is 12.6. The third-order valence-corrected chi connectivity index (χ3v) is 9.66. The zero-order valence-electron chi connectivity index (χ0n) is 27.0. The lowest BCUT2D eigenvalue weighted by Gasteiger charge is -2.22. The average Bonchev–Trinajstić information content (AvgIpc) is 3.74. The molecule has 50 heavy (non-hydrogen) atoms. The quantitative estimate of drug-likeness (QED) is 0.203. The van der Waals surface area contributed by atoms with Gasteiger partial charge in [-0.15, -0.1) is 0 Å². The summed E-state index contributed by atoms with van der Waals surface area (Å²) in [5.41, 5.74) is 10.5.